The van der Waals surface area contributed by atoms with E-state index in [4.69, 9.17) is 33.7 Å². The van der Waals surface area contributed by atoms with Gasteiger partial charge in [-0.3, -0.25) is 4.79 Å². The maximum atomic E-state index is 11.9. The summed E-state index contributed by atoms with van der Waals surface area (Å²) in [6, 6.07) is 12.3. The minimum atomic E-state index is -0.167. The van der Waals surface area contributed by atoms with E-state index in [1.54, 1.807) is 30.3 Å². The highest BCUT2D eigenvalue weighted by Crippen LogP contribution is 2.29. The number of anilines is 2. The third-order valence-electron chi connectivity index (χ3n) is 2.95. The largest absolute Gasteiger partial charge is 0.491 e. The van der Waals surface area contributed by atoms with Crippen LogP contribution in [0, 0.1) is 0 Å². The molecule has 4 nitrogen and oxygen atoms in total. The second-order valence-electron chi connectivity index (χ2n) is 4.63. The Labute approximate surface area is 139 Å². The van der Waals surface area contributed by atoms with Gasteiger partial charge in [-0.15, -0.1) is 0 Å². The summed E-state index contributed by atoms with van der Waals surface area (Å²) >= 11 is 12.0. The van der Waals surface area contributed by atoms with E-state index >= 15 is 0 Å². The van der Waals surface area contributed by atoms with Crippen molar-refractivity contribution >= 4 is 40.5 Å². The molecule has 2 aromatic rings. The molecule has 0 spiro atoms. The molecule has 0 aliphatic heterocycles. The summed E-state index contributed by atoms with van der Waals surface area (Å²) in [7, 11) is 0. The van der Waals surface area contributed by atoms with E-state index < -0.39 is 0 Å². The van der Waals surface area contributed by atoms with Crippen LogP contribution in [-0.4, -0.2) is 12.5 Å². The number of carbonyl (C=O) groups excluding carboxylic acids is 1. The van der Waals surface area contributed by atoms with Gasteiger partial charge in [-0.1, -0.05) is 41.4 Å². The molecule has 6 heteroatoms. The van der Waals surface area contributed by atoms with Crippen LogP contribution in [0.3, 0.4) is 0 Å². The molecule has 0 atom stereocenters. The van der Waals surface area contributed by atoms with Crippen molar-refractivity contribution in [2.45, 2.75) is 12.8 Å². The zero-order chi connectivity index (χ0) is 15.9. The lowest BCUT2D eigenvalue weighted by Gasteiger charge is -2.10. The molecule has 0 aromatic heterocycles. The molecule has 22 heavy (non-hydrogen) atoms. The van der Waals surface area contributed by atoms with Crippen molar-refractivity contribution in [2.24, 2.45) is 0 Å². The molecule has 3 N–H and O–H groups in total. The van der Waals surface area contributed by atoms with Gasteiger partial charge >= 0.3 is 0 Å². The van der Waals surface area contributed by atoms with Crippen molar-refractivity contribution < 1.29 is 9.53 Å². The highest BCUT2D eigenvalue weighted by atomic mass is 35.5. The van der Waals surface area contributed by atoms with Crippen molar-refractivity contribution in [1.29, 1.82) is 0 Å². The van der Waals surface area contributed by atoms with E-state index in [-0.39, 0.29) is 5.91 Å². The highest BCUT2D eigenvalue weighted by Gasteiger charge is 2.09. The molecule has 0 aliphatic carbocycles. The number of nitrogens with one attached hydrogen (secondary N) is 1. The van der Waals surface area contributed by atoms with Crippen LogP contribution in [0.25, 0.3) is 0 Å². The maximum absolute atomic E-state index is 11.9. The van der Waals surface area contributed by atoms with Crippen LogP contribution in [-0.2, 0) is 4.79 Å². The number of rotatable bonds is 6. The van der Waals surface area contributed by atoms with Gasteiger partial charge < -0.3 is 15.8 Å². The number of nitrogen functional groups attached to an aromatic ring is 1. The average Bonchev–Trinajstić information content (AvgIpc) is 2.49. The molecule has 2 rings (SSSR count). The lowest BCUT2D eigenvalue weighted by Crippen LogP contribution is -2.13. The summed E-state index contributed by atoms with van der Waals surface area (Å²) in [6.45, 7) is 0.401. The molecular formula is C16H16Cl2N2O2. The number of nitrogens with two attached hydrogens (primary N) is 1. The fourth-order valence-corrected chi connectivity index (χ4v) is 2.34. The van der Waals surface area contributed by atoms with Gasteiger partial charge in [0.25, 0.3) is 0 Å². The molecule has 0 aliphatic rings. The fraction of sp³-hybridized carbons (Fsp3) is 0.188. The highest BCUT2D eigenvalue weighted by molar-refractivity contribution is 6.39. The lowest BCUT2D eigenvalue weighted by atomic mass is 10.2. The van der Waals surface area contributed by atoms with E-state index in [1.165, 1.54) is 0 Å². The summed E-state index contributed by atoms with van der Waals surface area (Å²) < 4.78 is 5.53. The van der Waals surface area contributed by atoms with Crippen molar-refractivity contribution in [1.82, 2.24) is 0 Å². The first kappa shape index (κ1) is 16.5. The van der Waals surface area contributed by atoms with E-state index in [1.807, 2.05) is 12.1 Å². The Morgan fingerprint density at radius 1 is 1.09 bits per heavy atom. The Kier molecular flexibility index (Phi) is 5.92. The third-order valence-corrected chi connectivity index (χ3v) is 3.58. The smallest absolute Gasteiger partial charge is 0.224 e. The van der Waals surface area contributed by atoms with Crippen molar-refractivity contribution in [3.8, 4) is 5.75 Å². The van der Waals surface area contributed by atoms with Crippen LogP contribution < -0.4 is 15.8 Å². The number of hydrogen-bond donors (Lipinski definition) is 2. The van der Waals surface area contributed by atoms with Gasteiger partial charge in [0.05, 0.1) is 28.0 Å². The zero-order valence-electron chi connectivity index (χ0n) is 11.8. The number of carbonyl (C=O) groups is 1. The van der Waals surface area contributed by atoms with Gasteiger partial charge in [0.1, 0.15) is 5.75 Å². The number of ether oxygens (including phenoxy) is 1. The van der Waals surface area contributed by atoms with E-state index in [9.17, 15) is 4.79 Å². The van der Waals surface area contributed by atoms with Crippen LogP contribution in [0.5, 0.6) is 5.75 Å². The summed E-state index contributed by atoms with van der Waals surface area (Å²) in [5, 5.41) is 3.53. The molecule has 0 heterocycles. The van der Waals surface area contributed by atoms with Gasteiger partial charge in [-0.25, -0.2) is 0 Å². The number of amides is 1. The molecular weight excluding hydrogens is 323 g/mol. The average molecular weight is 339 g/mol. The van der Waals surface area contributed by atoms with Crippen molar-refractivity contribution in [2.75, 3.05) is 17.7 Å². The standard InChI is InChI=1S/C16H16Cl2N2O2/c17-11-5-3-6-12(18)16(11)20-15(21)9-4-10-22-14-8-2-1-7-13(14)19/h1-3,5-8H,4,9-10,19H2,(H,20,21). The molecule has 0 saturated heterocycles. The number of benzene rings is 2. The predicted octanol–water partition coefficient (Wildman–Crippen LogP) is 4.37. The summed E-state index contributed by atoms with van der Waals surface area (Å²) in [6.07, 6.45) is 0.858. The molecule has 116 valence electrons. The molecule has 0 unspecified atom stereocenters. The van der Waals surface area contributed by atoms with Crippen molar-refractivity contribution in [3.63, 3.8) is 0 Å². The van der Waals surface area contributed by atoms with E-state index in [0.717, 1.165) is 0 Å². The summed E-state index contributed by atoms with van der Waals surface area (Å²) in [4.78, 5) is 11.9. The molecule has 0 fully saturated rings. The van der Waals surface area contributed by atoms with Gasteiger partial charge in [0, 0.05) is 6.42 Å². The van der Waals surface area contributed by atoms with Crippen LogP contribution in [0.15, 0.2) is 42.5 Å². The summed E-state index contributed by atoms with van der Waals surface area (Å²) in [5.74, 6) is 0.455. The number of hydrogen-bond acceptors (Lipinski definition) is 3. The van der Waals surface area contributed by atoms with Crippen LogP contribution in [0.4, 0.5) is 11.4 Å². The summed E-state index contributed by atoms with van der Waals surface area (Å²) in [5.41, 5.74) is 6.78. The SMILES string of the molecule is Nc1ccccc1OCCCC(=O)Nc1c(Cl)cccc1Cl. The second kappa shape index (κ2) is 7.92. The van der Waals surface area contributed by atoms with Crippen molar-refractivity contribution in [3.05, 3.63) is 52.5 Å². The first-order chi connectivity index (χ1) is 10.6. The van der Waals surface area contributed by atoms with E-state index in [2.05, 4.69) is 5.32 Å². The molecule has 2 aromatic carbocycles. The topological polar surface area (TPSA) is 64.3 Å². The Hall–Kier alpha value is -1.91. The Morgan fingerprint density at radius 3 is 2.45 bits per heavy atom. The fourth-order valence-electron chi connectivity index (χ4n) is 1.85. The quantitative estimate of drug-likeness (QED) is 0.607. The van der Waals surface area contributed by atoms with Gasteiger partial charge in [-0.05, 0) is 30.7 Å². The first-order valence-corrected chi connectivity index (χ1v) is 7.54. The van der Waals surface area contributed by atoms with Crippen LogP contribution in [0.2, 0.25) is 10.0 Å². The third kappa shape index (κ3) is 4.55. The minimum absolute atomic E-state index is 0.167. The predicted molar refractivity (Wildman–Crippen MR) is 90.7 cm³/mol. The van der Waals surface area contributed by atoms with E-state index in [0.29, 0.717) is 46.6 Å². The van der Waals surface area contributed by atoms with Crippen LogP contribution in [0.1, 0.15) is 12.8 Å². The Bertz CT molecular complexity index is 642. The number of halogens is 2. The minimum Gasteiger partial charge on any atom is -0.491 e. The molecule has 1 amide bonds. The maximum Gasteiger partial charge on any atom is 0.224 e. The lowest BCUT2D eigenvalue weighted by molar-refractivity contribution is -0.116. The molecule has 0 radical (unpaired) electrons. The van der Waals surface area contributed by atoms with Gasteiger partial charge in [0.15, 0.2) is 0 Å². The molecule has 0 bridgehead atoms. The Balaban J connectivity index is 1.78. The Morgan fingerprint density at radius 2 is 1.77 bits per heavy atom. The second-order valence-corrected chi connectivity index (χ2v) is 5.45. The number of para-hydroxylation sites is 3. The zero-order valence-corrected chi connectivity index (χ0v) is 13.3. The van der Waals surface area contributed by atoms with Gasteiger partial charge in [0.2, 0.25) is 5.91 Å². The molecule has 0 saturated carbocycles. The monoisotopic (exact) mass is 338 g/mol. The first-order valence-electron chi connectivity index (χ1n) is 6.79. The van der Waals surface area contributed by atoms with Gasteiger partial charge in [-0.2, -0.15) is 0 Å². The normalized spacial score (nSPS) is 10.3. The van der Waals surface area contributed by atoms with Crippen LogP contribution >= 0.6 is 23.2 Å².